The second-order valence-corrected chi connectivity index (χ2v) is 6.83. The van der Waals surface area contributed by atoms with E-state index in [1.165, 1.54) is 0 Å². The molecule has 1 fully saturated rings. The molecule has 0 N–H and O–H groups in total. The summed E-state index contributed by atoms with van der Waals surface area (Å²) in [5.74, 6) is 0.860. The molecular weight excluding hydrogens is 282 g/mol. The zero-order valence-electron chi connectivity index (χ0n) is 13.4. The van der Waals surface area contributed by atoms with E-state index in [2.05, 4.69) is 0 Å². The van der Waals surface area contributed by atoms with E-state index >= 15 is 0 Å². The lowest BCUT2D eigenvalue weighted by Crippen LogP contribution is -2.33. The molecule has 22 heavy (non-hydrogen) atoms. The molecule has 1 saturated heterocycles. The number of ether oxygens (including phenoxy) is 3. The van der Waals surface area contributed by atoms with Crippen LogP contribution in [0.25, 0.3) is 0 Å². The molecular formula is C17H23NO4. The highest BCUT2D eigenvalue weighted by Crippen LogP contribution is 2.33. The fourth-order valence-corrected chi connectivity index (χ4v) is 2.74. The summed E-state index contributed by atoms with van der Waals surface area (Å²) in [6.45, 7) is 8.13. The Morgan fingerprint density at radius 3 is 2.82 bits per heavy atom. The van der Waals surface area contributed by atoms with Crippen LogP contribution in [0.3, 0.4) is 0 Å². The summed E-state index contributed by atoms with van der Waals surface area (Å²) in [6, 6.07) is 5.98. The number of carbonyl (C=O) groups is 1. The van der Waals surface area contributed by atoms with Crippen molar-refractivity contribution >= 4 is 6.09 Å². The van der Waals surface area contributed by atoms with Crippen molar-refractivity contribution in [3.05, 3.63) is 29.3 Å². The molecule has 1 aromatic carbocycles. The van der Waals surface area contributed by atoms with Gasteiger partial charge in [0, 0.05) is 18.5 Å². The Morgan fingerprint density at radius 1 is 1.32 bits per heavy atom. The number of hydrogen-bond donors (Lipinski definition) is 0. The summed E-state index contributed by atoms with van der Waals surface area (Å²) >= 11 is 0. The zero-order valence-corrected chi connectivity index (χ0v) is 13.4. The van der Waals surface area contributed by atoms with Crippen LogP contribution in [0.1, 0.15) is 38.3 Å². The first-order chi connectivity index (χ1) is 10.4. The second-order valence-electron chi connectivity index (χ2n) is 6.83. The molecule has 0 saturated carbocycles. The molecule has 3 rings (SSSR count). The molecule has 1 unspecified atom stereocenters. The number of amides is 1. The highest BCUT2D eigenvalue weighted by Gasteiger charge is 2.30. The number of carbonyl (C=O) groups excluding carboxylic acids is 1. The smallest absolute Gasteiger partial charge is 0.410 e. The van der Waals surface area contributed by atoms with Crippen molar-refractivity contribution in [2.24, 2.45) is 0 Å². The lowest BCUT2D eigenvalue weighted by Gasteiger charge is -2.24. The highest BCUT2D eigenvalue weighted by atomic mass is 16.6. The third kappa shape index (κ3) is 3.35. The van der Waals surface area contributed by atoms with Gasteiger partial charge in [-0.3, -0.25) is 4.90 Å². The Balaban J connectivity index is 1.71. The Morgan fingerprint density at radius 2 is 2.14 bits per heavy atom. The van der Waals surface area contributed by atoms with Gasteiger partial charge in [0.2, 0.25) is 0 Å². The van der Waals surface area contributed by atoms with Gasteiger partial charge in [-0.15, -0.1) is 0 Å². The van der Waals surface area contributed by atoms with Crippen LogP contribution in [-0.2, 0) is 22.6 Å². The van der Waals surface area contributed by atoms with E-state index in [9.17, 15) is 4.79 Å². The van der Waals surface area contributed by atoms with E-state index in [1.54, 1.807) is 4.90 Å². The number of benzene rings is 1. The molecule has 1 atom stereocenters. The molecule has 5 heteroatoms. The van der Waals surface area contributed by atoms with Gasteiger partial charge in [0.15, 0.2) is 0 Å². The maximum absolute atomic E-state index is 12.2. The summed E-state index contributed by atoms with van der Waals surface area (Å²) in [6.07, 6.45) is 0.750. The van der Waals surface area contributed by atoms with E-state index in [4.69, 9.17) is 14.2 Å². The molecule has 1 aromatic rings. The molecule has 1 amide bonds. The average Bonchev–Trinajstić information content (AvgIpc) is 3.05. The molecule has 120 valence electrons. The van der Waals surface area contributed by atoms with Crippen LogP contribution < -0.4 is 4.74 Å². The number of hydrogen-bond acceptors (Lipinski definition) is 4. The van der Waals surface area contributed by atoms with Crippen molar-refractivity contribution in [3.63, 3.8) is 0 Å². The first-order valence-electron chi connectivity index (χ1n) is 7.75. The van der Waals surface area contributed by atoms with E-state index in [1.807, 2.05) is 39.0 Å². The van der Waals surface area contributed by atoms with Gasteiger partial charge in [0.05, 0.1) is 19.8 Å². The maximum Gasteiger partial charge on any atom is 0.410 e. The van der Waals surface area contributed by atoms with Crippen LogP contribution in [0.15, 0.2) is 18.2 Å². The fourth-order valence-electron chi connectivity index (χ4n) is 2.74. The quantitative estimate of drug-likeness (QED) is 0.842. The van der Waals surface area contributed by atoms with Crippen LogP contribution in [0.4, 0.5) is 4.79 Å². The zero-order chi connectivity index (χ0) is 15.7. The van der Waals surface area contributed by atoms with Gasteiger partial charge >= 0.3 is 6.09 Å². The van der Waals surface area contributed by atoms with Gasteiger partial charge in [0.25, 0.3) is 0 Å². The summed E-state index contributed by atoms with van der Waals surface area (Å²) in [4.78, 5) is 13.9. The van der Waals surface area contributed by atoms with Gasteiger partial charge in [-0.1, -0.05) is 12.1 Å². The minimum atomic E-state index is -0.480. The van der Waals surface area contributed by atoms with Crippen molar-refractivity contribution in [2.75, 3.05) is 13.2 Å². The number of fused-ring (bicyclic) bond motifs is 1. The minimum absolute atomic E-state index is 0.113. The molecule has 2 aliphatic rings. The predicted octanol–water partition coefficient (Wildman–Crippen LogP) is 3.11. The van der Waals surface area contributed by atoms with Gasteiger partial charge in [-0.25, -0.2) is 4.79 Å². The van der Waals surface area contributed by atoms with Crippen LogP contribution in [0, 0.1) is 0 Å². The Hall–Kier alpha value is -1.75. The van der Waals surface area contributed by atoms with Gasteiger partial charge < -0.3 is 14.2 Å². The lowest BCUT2D eigenvalue weighted by molar-refractivity contribution is 0.0241. The summed E-state index contributed by atoms with van der Waals surface area (Å²) in [5, 5.41) is 0. The van der Waals surface area contributed by atoms with Gasteiger partial charge in [-0.2, -0.15) is 0 Å². The number of nitrogens with zero attached hydrogens (tertiary/aromatic N) is 1. The van der Waals surface area contributed by atoms with E-state index in [0.717, 1.165) is 29.9 Å². The van der Waals surface area contributed by atoms with Crippen molar-refractivity contribution in [3.8, 4) is 5.75 Å². The topological polar surface area (TPSA) is 48.0 Å². The summed E-state index contributed by atoms with van der Waals surface area (Å²) < 4.78 is 16.8. The van der Waals surface area contributed by atoms with Crippen molar-refractivity contribution in [1.29, 1.82) is 0 Å². The maximum atomic E-state index is 12.2. The molecule has 5 nitrogen and oxygen atoms in total. The van der Waals surface area contributed by atoms with Crippen LogP contribution in [-0.4, -0.2) is 35.9 Å². The molecule has 0 spiro atoms. The van der Waals surface area contributed by atoms with Crippen LogP contribution in [0.2, 0.25) is 0 Å². The average molecular weight is 305 g/mol. The van der Waals surface area contributed by atoms with Crippen LogP contribution >= 0.6 is 0 Å². The highest BCUT2D eigenvalue weighted by molar-refractivity contribution is 5.69. The van der Waals surface area contributed by atoms with Crippen molar-refractivity contribution in [2.45, 2.75) is 52.0 Å². The van der Waals surface area contributed by atoms with E-state index in [-0.39, 0.29) is 12.2 Å². The van der Waals surface area contributed by atoms with Gasteiger partial charge in [-0.05, 0) is 32.4 Å². The molecule has 2 aliphatic heterocycles. The second kappa shape index (κ2) is 5.80. The largest absolute Gasteiger partial charge is 0.488 e. The van der Waals surface area contributed by atoms with E-state index < -0.39 is 5.60 Å². The monoisotopic (exact) mass is 305 g/mol. The molecule has 0 bridgehead atoms. The molecule has 2 heterocycles. The van der Waals surface area contributed by atoms with Gasteiger partial charge in [0.1, 0.15) is 17.5 Å². The Labute approximate surface area is 131 Å². The Kier molecular flexibility index (Phi) is 4.00. The third-order valence-corrected chi connectivity index (χ3v) is 3.77. The normalized spacial score (nSPS) is 20.9. The first kappa shape index (κ1) is 15.2. The first-order valence-corrected chi connectivity index (χ1v) is 7.75. The van der Waals surface area contributed by atoms with Crippen molar-refractivity contribution in [1.82, 2.24) is 4.90 Å². The fraction of sp³-hybridized carbons (Fsp3) is 0.588. The third-order valence-electron chi connectivity index (χ3n) is 3.77. The summed E-state index contributed by atoms with van der Waals surface area (Å²) in [5.41, 5.74) is 1.73. The van der Waals surface area contributed by atoms with Crippen LogP contribution in [0.5, 0.6) is 5.75 Å². The number of rotatable bonds is 2. The van der Waals surface area contributed by atoms with E-state index in [0.29, 0.717) is 19.7 Å². The lowest BCUT2D eigenvalue weighted by atomic mass is 10.1. The molecule has 0 aliphatic carbocycles. The minimum Gasteiger partial charge on any atom is -0.488 e. The summed E-state index contributed by atoms with van der Waals surface area (Å²) in [7, 11) is 0. The Bertz CT molecular complexity index is 558. The molecule has 0 radical (unpaired) electrons. The predicted molar refractivity (Wildman–Crippen MR) is 81.8 cm³/mol. The molecule has 0 aromatic heterocycles. The SMILES string of the molecule is CC(C)(C)OC(=O)N1Cc2cccc(OC3CCOC3)c2C1. The van der Waals surface area contributed by atoms with Crippen molar-refractivity contribution < 1.29 is 19.0 Å². The standard InChI is InChI=1S/C17H23NO4/c1-17(2,3)22-16(19)18-9-12-5-4-6-15(14(12)10-18)21-13-7-8-20-11-13/h4-6,13H,7-11H2,1-3H3.